The Balaban J connectivity index is 2.06. The maximum atomic E-state index is 6.05. The van der Waals surface area contributed by atoms with Gasteiger partial charge in [-0.3, -0.25) is 4.90 Å². The van der Waals surface area contributed by atoms with Crippen LogP contribution in [-0.2, 0) is 4.74 Å². The Labute approximate surface area is 116 Å². The van der Waals surface area contributed by atoms with Crippen LogP contribution in [-0.4, -0.2) is 43.8 Å². The summed E-state index contributed by atoms with van der Waals surface area (Å²) >= 11 is 0. The van der Waals surface area contributed by atoms with Crippen molar-refractivity contribution in [1.29, 1.82) is 0 Å². The molecule has 3 heteroatoms. The van der Waals surface area contributed by atoms with Crippen LogP contribution < -0.4 is 5.73 Å². The molecule has 0 aliphatic carbocycles. The Bertz CT molecular complexity index is 368. The van der Waals surface area contributed by atoms with Crippen LogP contribution in [0.5, 0.6) is 0 Å². The quantitative estimate of drug-likeness (QED) is 0.884. The molecule has 1 aliphatic rings. The highest BCUT2D eigenvalue weighted by molar-refractivity contribution is 5.20. The number of nitrogens with zero attached hydrogens (tertiary/aromatic N) is 1. The predicted octanol–water partition coefficient (Wildman–Crippen LogP) is 2.23. The zero-order valence-corrected chi connectivity index (χ0v) is 12.1. The second kappa shape index (κ2) is 7.04. The molecule has 1 fully saturated rings. The van der Waals surface area contributed by atoms with Gasteiger partial charge in [-0.25, -0.2) is 0 Å². The summed E-state index contributed by atoms with van der Waals surface area (Å²) < 4.78 is 5.52. The second-order valence-corrected chi connectivity index (χ2v) is 5.50. The molecule has 3 atom stereocenters. The van der Waals surface area contributed by atoms with Gasteiger partial charge >= 0.3 is 0 Å². The highest BCUT2D eigenvalue weighted by Gasteiger charge is 2.29. The molecule has 19 heavy (non-hydrogen) atoms. The first-order valence-electron chi connectivity index (χ1n) is 7.28. The minimum absolute atomic E-state index is 0.366. The number of hydrogen-bond donors (Lipinski definition) is 1. The lowest BCUT2D eigenvalue weighted by molar-refractivity contribution is 0.0120. The molecule has 1 heterocycles. The molecular formula is C16H26N2O. The van der Waals surface area contributed by atoms with Crippen molar-refractivity contribution in [3.05, 3.63) is 35.9 Å². The van der Waals surface area contributed by atoms with Crippen molar-refractivity contribution in [3.63, 3.8) is 0 Å². The zero-order valence-electron chi connectivity index (χ0n) is 12.1. The molecule has 3 unspecified atom stereocenters. The van der Waals surface area contributed by atoms with E-state index in [1.807, 2.05) is 7.11 Å². The van der Waals surface area contributed by atoms with Crippen molar-refractivity contribution < 1.29 is 4.74 Å². The monoisotopic (exact) mass is 262 g/mol. The zero-order chi connectivity index (χ0) is 13.7. The van der Waals surface area contributed by atoms with Crippen LogP contribution in [0.4, 0.5) is 0 Å². The van der Waals surface area contributed by atoms with Crippen molar-refractivity contribution in [2.24, 2.45) is 5.73 Å². The number of piperidine rings is 1. The summed E-state index contributed by atoms with van der Waals surface area (Å²) in [5.41, 5.74) is 7.42. The van der Waals surface area contributed by atoms with Crippen LogP contribution in [0.25, 0.3) is 0 Å². The third kappa shape index (κ3) is 3.56. The van der Waals surface area contributed by atoms with Crippen molar-refractivity contribution in [1.82, 2.24) is 4.90 Å². The van der Waals surface area contributed by atoms with E-state index in [0.29, 0.717) is 24.6 Å². The molecule has 0 amide bonds. The normalized spacial score (nSPS) is 24.1. The second-order valence-electron chi connectivity index (χ2n) is 5.50. The fourth-order valence-electron chi connectivity index (χ4n) is 3.11. The van der Waals surface area contributed by atoms with Gasteiger partial charge in [-0.15, -0.1) is 0 Å². The minimum atomic E-state index is 0.366. The molecule has 0 radical (unpaired) electrons. The fourth-order valence-corrected chi connectivity index (χ4v) is 3.11. The first kappa shape index (κ1) is 14.5. The lowest BCUT2D eigenvalue weighted by Gasteiger charge is -2.40. The largest absolute Gasteiger partial charge is 0.380 e. The van der Waals surface area contributed by atoms with Crippen LogP contribution in [0.1, 0.15) is 31.2 Å². The number of methoxy groups -OCH3 is 1. The molecule has 3 nitrogen and oxygen atoms in total. The number of hydrogen-bond acceptors (Lipinski definition) is 3. The Morgan fingerprint density at radius 3 is 2.74 bits per heavy atom. The van der Waals surface area contributed by atoms with Crippen LogP contribution in [0.2, 0.25) is 0 Å². The van der Waals surface area contributed by atoms with Gasteiger partial charge in [0.25, 0.3) is 0 Å². The molecule has 0 bridgehead atoms. The molecule has 1 aromatic rings. The van der Waals surface area contributed by atoms with E-state index in [1.54, 1.807) is 0 Å². The number of nitrogens with two attached hydrogens (primary N) is 1. The van der Waals surface area contributed by atoms with E-state index in [-0.39, 0.29) is 0 Å². The third-order valence-electron chi connectivity index (χ3n) is 4.36. The first-order valence-corrected chi connectivity index (χ1v) is 7.28. The van der Waals surface area contributed by atoms with Gasteiger partial charge in [0.05, 0.1) is 6.10 Å². The number of ether oxygens (including phenoxy) is 1. The van der Waals surface area contributed by atoms with E-state index in [9.17, 15) is 0 Å². The van der Waals surface area contributed by atoms with Gasteiger partial charge in [0, 0.05) is 26.2 Å². The van der Waals surface area contributed by atoms with E-state index >= 15 is 0 Å². The van der Waals surface area contributed by atoms with Gasteiger partial charge in [-0.05, 0) is 30.9 Å². The predicted molar refractivity (Wildman–Crippen MR) is 79.3 cm³/mol. The van der Waals surface area contributed by atoms with E-state index in [2.05, 4.69) is 42.2 Å². The summed E-state index contributed by atoms with van der Waals surface area (Å²) in [6.07, 6.45) is 2.74. The Kier molecular flexibility index (Phi) is 5.37. The number of benzene rings is 1. The summed E-state index contributed by atoms with van der Waals surface area (Å²) in [6, 6.07) is 11.1. The fraction of sp³-hybridized carbons (Fsp3) is 0.625. The summed E-state index contributed by atoms with van der Waals surface area (Å²) in [5.74, 6) is 0.460. The summed E-state index contributed by atoms with van der Waals surface area (Å²) in [4.78, 5) is 2.51. The first-order chi connectivity index (χ1) is 9.26. The number of likely N-dealkylation sites (tertiary alicyclic amines) is 1. The highest BCUT2D eigenvalue weighted by Crippen LogP contribution is 2.25. The number of rotatable bonds is 5. The average Bonchev–Trinajstić information content (AvgIpc) is 2.49. The highest BCUT2D eigenvalue weighted by atomic mass is 16.5. The SMILES string of the molecule is COC1CCCN(C(CN)C(C)c2ccccc2)C1. The van der Waals surface area contributed by atoms with Gasteiger partial charge in [0.1, 0.15) is 0 Å². The van der Waals surface area contributed by atoms with Crippen LogP contribution in [0.15, 0.2) is 30.3 Å². The average molecular weight is 262 g/mol. The molecular weight excluding hydrogens is 236 g/mol. The van der Waals surface area contributed by atoms with Gasteiger partial charge in [-0.2, -0.15) is 0 Å². The third-order valence-corrected chi connectivity index (χ3v) is 4.36. The Morgan fingerprint density at radius 1 is 1.37 bits per heavy atom. The molecule has 2 rings (SSSR count). The van der Waals surface area contributed by atoms with Crippen LogP contribution in [0, 0.1) is 0 Å². The maximum Gasteiger partial charge on any atom is 0.0698 e. The van der Waals surface area contributed by atoms with Crippen LogP contribution in [0.3, 0.4) is 0 Å². The topological polar surface area (TPSA) is 38.5 Å². The molecule has 1 aliphatic heterocycles. The van der Waals surface area contributed by atoms with E-state index in [1.165, 1.54) is 18.4 Å². The Morgan fingerprint density at radius 2 is 2.11 bits per heavy atom. The molecule has 0 saturated carbocycles. The molecule has 1 saturated heterocycles. The van der Waals surface area contributed by atoms with Crippen molar-refractivity contribution >= 4 is 0 Å². The molecule has 0 aromatic heterocycles. The maximum absolute atomic E-state index is 6.05. The Hall–Kier alpha value is -0.900. The summed E-state index contributed by atoms with van der Waals surface area (Å²) in [6.45, 7) is 5.13. The van der Waals surface area contributed by atoms with Crippen molar-refractivity contribution in [2.75, 3.05) is 26.7 Å². The lowest BCUT2D eigenvalue weighted by Crippen LogP contribution is -2.50. The van der Waals surface area contributed by atoms with E-state index in [0.717, 1.165) is 13.1 Å². The lowest BCUT2D eigenvalue weighted by atomic mass is 9.90. The summed E-state index contributed by atoms with van der Waals surface area (Å²) in [7, 11) is 1.81. The standard InChI is InChI=1S/C16H26N2O/c1-13(14-7-4-3-5-8-14)16(11-17)18-10-6-9-15(12-18)19-2/h3-5,7-8,13,15-16H,6,9-12,17H2,1-2H3. The van der Waals surface area contributed by atoms with E-state index in [4.69, 9.17) is 10.5 Å². The van der Waals surface area contributed by atoms with Gasteiger partial charge in [0.15, 0.2) is 0 Å². The molecule has 0 spiro atoms. The molecule has 1 aromatic carbocycles. The van der Waals surface area contributed by atoms with Crippen molar-refractivity contribution in [3.8, 4) is 0 Å². The van der Waals surface area contributed by atoms with Gasteiger partial charge in [-0.1, -0.05) is 37.3 Å². The minimum Gasteiger partial charge on any atom is -0.380 e. The molecule has 106 valence electrons. The van der Waals surface area contributed by atoms with Crippen LogP contribution >= 0.6 is 0 Å². The van der Waals surface area contributed by atoms with Crippen molar-refractivity contribution in [2.45, 2.75) is 37.8 Å². The van der Waals surface area contributed by atoms with E-state index < -0.39 is 0 Å². The molecule has 2 N–H and O–H groups in total. The van der Waals surface area contributed by atoms with Gasteiger partial charge < -0.3 is 10.5 Å². The summed E-state index contributed by atoms with van der Waals surface area (Å²) in [5, 5.41) is 0. The van der Waals surface area contributed by atoms with Gasteiger partial charge in [0.2, 0.25) is 0 Å². The smallest absolute Gasteiger partial charge is 0.0698 e.